The van der Waals surface area contributed by atoms with Crippen LogP contribution in [0.2, 0.25) is 0 Å². The molecule has 0 saturated carbocycles. The minimum atomic E-state index is -3.42. The Balaban J connectivity index is 3.03. The number of aromatic nitrogens is 1. The van der Waals surface area contributed by atoms with Crippen molar-refractivity contribution >= 4 is 10.0 Å². The van der Waals surface area contributed by atoms with Gasteiger partial charge in [0.1, 0.15) is 4.90 Å². The van der Waals surface area contributed by atoms with Crippen LogP contribution >= 0.6 is 0 Å². The third-order valence-corrected chi connectivity index (χ3v) is 5.40. The van der Waals surface area contributed by atoms with Crippen LogP contribution < -0.4 is 5.73 Å². The van der Waals surface area contributed by atoms with Crippen molar-refractivity contribution in [3.8, 4) is 0 Å². The lowest BCUT2D eigenvalue weighted by Crippen LogP contribution is -2.30. The van der Waals surface area contributed by atoms with Crippen LogP contribution in [0.15, 0.2) is 17.2 Å². The molecule has 6 heteroatoms. The van der Waals surface area contributed by atoms with E-state index in [0.717, 1.165) is 25.1 Å². The average molecular weight is 301 g/mol. The normalized spacial score (nSPS) is 13.9. The Kier molecular flexibility index (Phi) is 6.23. The third kappa shape index (κ3) is 3.84. The molecule has 0 aliphatic carbocycles. The fraction of sp³-hybridized carbons (Fsp3) is 0.714. The molecule has 1 atom stereocenters. The number of hydrogen-bond acceptors (Lipinski definition) is 3. The topological polar surface area (TPSA) is 68.3 Å². The second kappa shape index (κ2) is 7.24. The molecule has 2 N–H and O–H groups in total. The van der Waals surface area contributed by atoms with Crippen LogP contribution in [0.25, 0.3) is 0 Å². The van der Waals surface area contributed by atoms with E-state index in [0.29, 0.717) is 23.9 Å². The zero-order valence-electron chi connectivity index (χ0n) is 13.0. The first-order valence-electron chi connectivity index (χ1n) is 7.22. The van der Waals surface area contributed by atoms with Crippen LogP contribution in [-0.2, 0) is 23.1 Å². The molecule has 1 rings (SSSR count). The lowest BCUT2D eigenvalue weighted by molar-refractivity contribution is 0.393. The molecule has 1 aromatic heterocycles. The molecule has 0 fully saturated rings. The number of rotatable bonds is 8. The van der Waals surface area contributed by atoms with Gasteiger partial charge in [-0.25, -0.2) is 12.7 Å². The van der Waals surface area contributed by atoms with Gasteiger partial charge < -0.3 is 10.3 Å². The highest BCUT2D eigenvalue weighted by Crippen LogP contribution is 2.20. The Morgan fingerprint density at radius 1 is 1.40 bits per heavy atom. The molecule has 0 saturated heterocycles. The van der Waals surface area contributed by atoms with E-state index in [9.17, 15) is 8.42 Å². The number of hydrogen-bond donors (Lipinski definition) is 1. The predicted molar refractivity (Wildman–Crippen MR) is 81.9 cm³/mol. The molecule has 0 amide bonds. The second-order valence-electron chi connectivity index (χ2n) is 5.36. The van der Waals surface area contributed by atoms with E-state index >= 15 is 0 Å². The van der Waals surface area contributed by atoms with E-state index in [4.69, 9.17) is 5.73 Å². The Bertz CT molecular complexity index is 523. The van der Waals surface area contributed by atoms with Crippen molar-refractivity contribution in [1.82, 2.24) is 8.87 Å². The van der Waals surface area contributed by atoms with Crippen LogP contribution in [0.1, 0.15) is 39.3 Å². The minimum absolute atomic E-state index is 0.345. The van der Waals surface area contributed by atoms with Crippen LogP contribution in [-0.4, -0.2) is 30.9 Å². The monoisotopic (exact) mass is 301 g/mol. The highest BCUT2D eigenvalue weighted by Gasteiger charge is 2.24. The first kappa shape index (κ1) is 17.2. The van der Waals surface area contributed by atoms with Gasteiger partial charge in [-0.05, 0) is 18.4 Å². The van der Waals surface area contributed by atoms with Gasteiger partial charge in [0.2, 0.25) is 10.0 Å². The number of nitrogens with zero attached hydrogens (tertiary/aromatic N) is 2. The van der Waals surface area contributed by atoms with Crippen LogP contribution in [0.3, 0.4) is 0 Å². The van der Waals surface area contributed by atoms with Crippen LogP contribution in [0, 0.1) is 5.92 Å². The predicted octanol–water partition coefficient (Wildman–Crippen LogP) is 2.02. The minimum Gasteiger partial charge on any atom is -0.349 e. The smallest absolute Gasteiger partial charge is 0.244 e. The highest BCUT2D eigenvalue weighted by molar-refractivity contribution is 7.89. The van der Waals surface area contributed by atoms with Gasteiger partial charge in [0.15, 0.2) is 0 Å². The maximum atomic E-state index is 12.5. The van der Waals surface area contributed by atoms with Crippen molar-refractivity contribution < 1.29 is 8.42 Å². The van der Waals surface area contributed by atoms with Crippen molar-refractivity contribution in [1.29, 1.82) is 0 Å². The summed E-state index contributed by atoms with van der Waals surface area (Å²) in [6, 6.07) is 1.69. The summed E-state index contributed by atoms with van der Waals surface area (Å²) in [5.41, 5.74) is 6.55. The van der Waals surface area contributed by atoms with Gasteiger partial charge in [0, 0.05) is 38.6 Å². The summed E-state index contributed by atoms with van der Waals surface area (Å²) in [5, 5.41) is 0. The second-order valence-corrected chi connectivity index (χ2v) is 7.41. The molecule has 1 unspecified atom stereocenters. The van der Waals surface area contributed by atoms with Gasteiger partial charge in [0.25, 0.3) is 0 Å². The van der Waals surface area contributed by atoms with Crippen molar-refractivity contribution in [2.45, 2.75) is 51.6 Å². The van der Waals surface area contributed by atoms with Crippen molar-refractivity contribution in [3.05, 3.63) is 18.0 Å². The molecule has 0 radical (unpaired) electrons. The third-order valence-electron chi connectivity index (χ3n) is 3.61. The van der Waals surface area contributed by atoms with E-state index in [1.807, 2.05) is 4.57 Å². The molecule has 5 nitrogen and oxygen atoms in total. The summed E-state index contributed by atoms with van der Waals surface area (Å²) in [6.45, 7) is 7.86. The van der Waals surface area contributed by atoms with Crippen molar-refractivity contribution in [2.75, 3.05) is 13.6 Å². The summed E-state index contributed by atoms with van der Waals surface area (Å²) in [4.78, 5) is 0.345. The maximum Gasteiger partial charge on any atom is 0.244 e. The van der Waals surface area contributed by atoms with Crippen LogP contribution in [0.5, 0.6) is 0 Å². The van der Waals surface area contributed by atoms with Gasteiger partial charge in [-0.3, -0.25) is 0 Å². The van der Waals surface area contributed by atoms with Crippen molar-refractivity contribution in [3.63, 3.8) is 0 Å². The largest absolute Gasteiger partial charge is 0.349 e. The molecule has 0 aromatic carbocycles. The molecule has 0 aliphatic rings. The van der Waals surface area contributed by atoms with Crippen molar-refractivity contribution in [2.24, 2.45) is 11.7 Å². The van der Waals surface area contributed by atoms with Crippen LogP contribution in [0.4, 0.5) is 0 Å². The van der Waals surface area contributed by atoms with E-state index in [2.05, 4.69) is 20.8 Å². The van der Waals surface area contributed by atoms with E-state index in [-0.39, 0.29) is 0 Å². The first-order valence-corrected chi connectivity index (χ1v) is 8.66. The Morgan fingerprint density at radius 2 is 2.05 bits per heavy atom. The molecular formula is C14H27N3O2S. The first-order chi connectivity index (χ1) is 9.36. The summed E-state index contributed by atoms with van der Waals surface area (Å²) in [7, 11) is -1.78. The molecule has 20 heavy (non-hydrogen) atoms. The summed E-state index contributed by atoms with van der Waals surface area (Å²) < 4.78 is 28.5. The molecule has 116 valence electrons. The number of aryl methyl sites for hydroxylation is 1. The zero-order valence-corrected chi connectivity index (χ0v) is 13.8. The molecule has 0 aliphatic heterocycles. The van der Waals surface area contributed by atoms with Gasteiger partial charge in [0.05, 0.1) is 0 Å². The van der Waals surface area contributed by atoms with Gasteiger partial charge >= 0.3 is 0 Å². The maximum absolute atomic E-state index is 12.5. The fourth-order valence-corrected chi connectivity index (χ4v) is 3.49. The number of nitrogens with two attached hydrogens (primary N) is 1. The molecule has 0 spiro atoms. The summed E-state index contributed by atoms with van der Waals surface area (Å²) in [6.07, 6.45) is 3.61. The average Bonchev–Trinajstić information content (AvgIpc) is 2.82. The quantitative estimate of drug-likeness (QED) is 0.798. The summed E-state index contributed by atoms with van der Waals surface area (Å²) >= 11 is 0. The van der Waals surface area contributed by atoms with E-state index < -0.39 is 10.0 Å². The number of sulfonamides is 1. The fourth-order valence-electron chi connectivity index (χ4n) is 2.13. The molecule has 1 heterocycles. The van der Waals surface area contributed by atoms with E-state index in [1.54, 1.807) is 19.3 Å². The zero-order chi connectivity index (χ0) is 15.3. The molecule has 0 bridgehead atoms. The Morgan fingerprint density at radius 3 is 2.55 bits per heavy atom. The lowest BCUT2D eigenvalue weighted by atomic mass is 10.1. The highest BCUT2D eigenvalue weighted by atomic mass is 32.2. The van der Waals surface area contributed by atoms with Gasteiger partial charge in [-0.1, -0.05) is 27.2 Å². The van der Waals surface area contributed by atoms with E-state index in [1.165, 1.54) is 4.31 Å². The summed E-state index contributed by atoms with van der Waals surface area (Å²) in [5.74, 6) is 0.349. The molecular weight excluding hydrogens is 274 g/mol. The SMILES string of the molecule is CCCn1cc(S(=O)(=O)N(C)CC(C)CC)cc1CN. The molecule has 1 aromatic rings. The lowest BCUT2D eigenvalue weighted by Gasteiger charge is -2.19. The van der Waals surface area contributed by atoms with Gasteiger partial charge in [-0.15, -0.1) is 0 Å². The standard InChI is InChI=1S/C14H27N3O2S/c1-5-7-17-11-14(8-13(17)9-15)20(18,19)16(4)10-12(3)6-2/h8,11-12H,5-7,9-10,15H2,1-4H3. The Labute approximate surface area is 122 Å². The Hall–Kier alpha value is -0.850. The van der Waals surface area contributed by atoms with Gasteiger partial charge in [-0.2, -0.15) is 0 Å².